The van der Waals surface area contributed by atoms with E-state index in [1.54, 1.807) is 6.08 Å². The van der Waals surface area contributed by atoms with E-state index in [9.17, 15) is 0 Å². The molecule has 0 aromatic carbocycles. The molecule has 0 rings (SSSR count). The SMILES string of the molecule is C/C=C\C(C)(/C=C\C=N)CC. The molecule has 0 aliphatic rings. The summed E-state index contributed by atoms with van der Waals surface area (Å²) in [5.74, 6) is 0. The summed E-state index contributed by atoms with van der Waals surface area (Å²) in [5.41, 5.74) is 0.131. The van der Waals surface area contributed by atoms with Gasteiger partial charge in [-0.05, 0) is 19.4 Å². The van der Waals surface area contributed by atoms with Crippen LogP contribution in [0.3, 0.4) is 0 Å². The number of allylic oxidation sites excluding steroid dienone is 4. The van der Waals surface area contributed by atoms with Gasteiger partial charge in [0.2, 0.25) is 0 Å². The molecule has 0 bridgehead atoms. The Kier molecular flexibility index (Phi) is 4.51. The van der Waals surface area contributed by atoms with E-state index in [4.69, 9.17) is 5.41 Å². The average molecular weight is 151 g/mol. The molecule has 0 fully saturated rings. The Balaban J connectivity index is 4.32. The lowest BCUT2D eigenvalue weighted by Crippen LogP contribution is -2.06. The molecule has 0 aliphatic heterocycles. The third kappa shape index (κ3) is 3.76. The van der Waals surface area contributed by atoms with Crippen LogP contribution in [-0.2, 0) is 0 Å². The van der Waals surface area contributed by atoms with Crippen LogP contribution in [-0.4, -0.2) is 6.21 Å². The molecule has 0 aliphatic carbocycles. The van der Waals surface area contributed by atoms with Gasteiger partial charge >= 0.3 is 0 Å². The van der Waals surface area contributed by atoms with Crippen molar-refractivity contribution in [2.45, 2.75) is 27.2 Å². The number of rotatable bonds is 4. The van der Waals surface area contributed by atoms with E-state index >= 15 is 0 Å². The van der Waals surface area contributed by atoms with Crippen LogP contribution in [0.4, 0.5) is 0 Å². The molecular weight excluding hydrogens is 134 g/mol. The largest absolute Gasteiger partial charge is 0.309 e. The van der Waals surface area contributed by atoms with E-state index in [1.807, 2.05) is 6.92 Å². The topological polar surface area (TPSA) is 23.9 Å². The average Bonchev–Trinajstić information content (AvgIpc) is 2.02. The van der Waals surface area contributed by atoms with Gasteiger partial charge in [0.1, 0.15) is 0 Å². The smallest absolute Gasteiger partial charge is 0.0174 e. The molecule has 1 heteroatoms. The fourth-order valence-electron chi connectivity index (χ4n) is 0.940. The fraction of sp³-hybridized carbons (Fsp3) is 0.500. The zero-order valence-electron chi connectivity index (χ0n) is 7.59. The molecule has 1 unspecified atom stereocenters. The first-order valence-electron chi connectivity index (χ1n) is 4.00. The highest BCUT2D eigenvalue weighted by Gasteiger charge is 2.12. The predicted molar refractivity (Wildman–Crippen MR) is 51.1 cm³/mol. The van der Waals surface area contributed by atoms with Crippen molar-refractivity contribution in [2.75, 3.05) is 0 Å². The monoisotopic (exact) mass is 151 g/mol. The molecule has 0 aromatic heterocycles. The third-order valence-corrected chi connectivity index (χ3v) is 1.88. The summed E-state index contributed by atoms with van der Waals surface area (Å²) in [6, 6.07) is 0. The van der Waals surface area contributed by atoms with Gasteiger partial charge in [-0.3, -0.25) is 0 Å². The van der Waals surface area contributed by atoms with Gasteiger partial charge in [0, 0.05) is 11.6 Å². The van der Waals surface area contributed by atoms with Crippen LogP contribution in [0.25, 0.3) is 0 Å². The van der Waals surface area contributed by atoms with Crippen LogP contribution < -0.4 is 0 Å². The van der Waals surface area contributed by atoms with Crippen LogP contribution in [0, 0.1) is 10.8 Å². The maximum Gasteiger partial charge on any atom is 0.0174 e. The maximum absolute atomic E-state index is 6.85. The molecule has 1 nitrogen and oxygen atoms in total. The summed E-state index contributed by atoms with van der Waals surface area (Å²) in [5, 5.41) is 6.85. The van der Waals surface area contributed by atoms with Gasteiger partial charge in [-0.15, -0.1) is 0 Å². The Morgan fingerprint density at radius 2 is 2.00 bits per heavy atom. The maximum atomic E-state index is 6.85. The summed E-state index contributed by atoms with van der Waals surface area (Å²) in [7, 11) is 0. The molecular formula is C10H17N. The lowest BCUT2D eigenvalue weighted by atomic mass is 9.87. The summed E-state index contributed by atoms with van der Waals surface area (Å²) in [4.78, 5) is 0. The van der Waals surface area contributed by atoms with Crippen molar-refractivity contribution in [3.8, 4) is 0 Å². The van der Waals surface area contributed by atoms with Crippen molar-refractivity contribution in [1.82, 2.24) is 0 Å². The zero-order chi connectivity index (χ0) is 8.74. The molecule has 0 spiro atoms. The molecule has 1 N–H and O–H groups in total. The Bertz CT molecular complexity index is 168. The minimum atomic E-state index is 0.131. The van der Waals surface area contributed by atoms with E-state index in [-0.39, 0.29) is 5.41 Å². The number of hydrogen-bond acceptors (Lipinski definition) is 1. The molecule has 62 valence electrons. The molecule has 0 aromatic rings. The van der Waals surface area contributed by atoms with Gasteiger partial charge in [0.05, 0.1) is 0 Å². The minimum absolute atomic E-state index is 0.131. The highest BCUT2D eigenvalue weighted by atomic mass is 14.3. The van der Waals surface area contributed by atoms with E-state index in [1.165, 1.54) is 6.21 Å². The standard InChI is InChI=1S/C10H17N/c1-4-7-10(3,5-2)8-6-9-11/h4,6-9,11H,5H2,1-3H3/b7-4-,8-6-,11-9?. The lowest BCUT2D eigenvalue weighted by Gasteiger charge is -2.18. The highest BCUT2D eigenvalue weighted by molar-refractivity contribution is 5.67. The fourth-order valence-corrected chi connectivity index (χ4v) is 0.940. The first kappa shape index (κ1) is 10.2. The zero-order valence-corrected chi connectivity index (χ0v) is 7.59. The summed E-state index contributed by atoms with van der Waals surface area (Å²) >= 11 is 0. The quantitative estimate of drug-likeness (QED) is 0.471. The second-order valence-electron chi connectivity index (χ2n) is 2.89. The Morgan fingerprint density at radius 3 is 2.36 bits per heavy atom. The summed E-state index contributed by atoms with van der Waals surface area (Å²) in [6.45, 7) is 6.33. The lowest BCUT2D eigenvalue weighted by molar-refractivity contribution is 0.530. The number of nitrogens with one attached hydrogen (secondary N) is 1. The van der Waals surface area contributed by atoms with E-state index in [2.05, 4.69) is 32.1 Å². The van der Waals surface area contributed by atoms with Crippen LogP contribution >= 0.6 is 0 Å². The van der Waals surface area contributed by atoms with Crippen LogP contribution in [0.15, 0.2) is 24.3 Å². The summed E-state index contributed by atoms with van der Waals surface area (Å²) in [6.07, 6.45) is 10.4. The van der Waals surface area contributed by atoms with Crippen molar-refractivity contribution in [1.29, 1.82) is 5.41 Å². The van der Waals surface area contributed by atoms with Crippen molar-refractivity contribution in [3.63, 3.8) is 0 Å². The minimum Gasteiger partial charge on any atom is -0.309 e. The van der Waals surface area contributed by atoms with E-state index in [0.717, 1.165) is 6.42 Å². The summed E-state index contributed by atoms with van der Waals surface area (Å²) < 4.78 is 0. The molecule has 11 heavy (non-hydrogen) atoms. The second kappa shape index (κ2) is 4.89. The van der Waals surface area contributed by atoms with Crippen LogP contribution in [0.5, 0.6) is 0 Å². The molecule has 0 saturated carbocycles. The van der Waals surface area contributed by atoms with Crippen LogP contribution in [0.1, 0.15) is 27.2 Å². The van der Waals surface area contributed by atoms with E-state index < -0.39 is 0 Å². The van der Waals surface area contributed by atoms with Crippen LogP contribution in [0.2, 0.25) is 0 Å². The van der Waals surface area contributed by atoms with Gasteiger partial charge in [-0.25, -0.2) is 0 Å². The number of hydrogen-bond donors (Lipinski definition) is 1. The molecule has 1 atom stereocenters. The van der Waals surface area contributed by atoms with Gasteiger partial charge in [0.15, 0.2) is 0 Å². The van der Waals surface area contributed by atoms with E-state index in [0.29, 0.717) is 0 Å². The van der Waals surface area contributed by atoms with Gasteiger partial charge < -0.3 is 5.41 Å². The van der Waals surface area contributed by atoms with Crippen molar-refractivity contribution >= 4 is 6.21 Å². The molecule has 0 saturated heterocycles. The van der Waals surface area contributed by atoms with Crippen molar-refractivity contribution in [2.24, 2.45) is 5.41 Å². The molecule has 0 radical (unpaired) electrons. The van der Waals surface area contributed by atoms with Gasteiger partial charge in [-0.1, -0.05) is 32.1 Å². The normalized spacial score (nSPS) is 17.4. The highest BCUT2D eigenvalue weighted by Crippen LogP contribution is 2.24. The Labute approximate surface area is 69.3 Å². The predicted octanol–water partition coefficient (Wildman–Crippen LogP) is 3.18. The molecule has 0 heterocycles. The van der Waals surface area contributed by atoms with Crippen molar-refractivity contribution in [3.05, 3.63) is 24.3 Å². The first-order valence-corrected chi connectivity index (χ1v) is 4.00. The van der Waals surface area contributed by atoms with Gasteiger partial charge in [-0.2, -0.15) is 0 Å². The Hall–Kier alpha value is -0.850. The van der Waals surface area contributed by atoms with Gasteiger partial charge in [0.25, 0.3) is 0 Å². The first-order chi connectivity index (χ1) is 5.18. The van der Waals surface area contributed by atoms with Crippen molar-refractivity contribution < 1.29 is 0 Å². The molecule has 0 amide bonds. The second-order valence-corrected chi connectivity index (χ2v) is 2.89. The Morgan fingerprint density at radius 1 is 1.36 bits per heavy atom. The third-order valence-electron chi connectivity index (χ3n) is 1.88.